The third kappa shape index (κ3) is 4.04. The van der Waals surface area contributed by atoms with Gasteiger partial charge in [0, 0.05) is 0 Å². The number of hydrogen-bond acceptors (Lipinski definition) is 1. The summed E-state index contributed by atoms with van der Waals surface area (Å²) in [5, 5.41) is 1.16. The van der Waals surface area contributed by atoms with Crippen molar-refractivity contribution in [3.05, 3.63) is 27.2 Å². The Morgan fingerprint density at radius 1 is 1.06 bits per heavy atom. The van der Waals surface area contributed by atoms with Crippen molar-refractivity contribution in [1.82, 2.24) is 0 Å². The summed E-state index contributed by atoms with van der Waals surface area (Å²) in [4.78, 5) is 0. The minimum Gasteiger partial charge on any atom is -0.492 e. The summed E-state index contributed by atoms with van der Waals surface area (Å²) in [5.41, 5.74) is 0.239. The van der Waals surface area contributed by atoms with E-state index in [-0.39, 0.29) is 5.41 Å². The lowest BCUT2D eigenvalue weighted by Crippen LogP contribution is -2.11. The Labute approximate surface area is 112 Å². The SMILES string of the molecule is CC(C)(C)CCOc1ccc(Cl)c(Cl)c1Cl. The Hall–Kier alpha value is -0.110. The molecule has 0 aliphatic carbocycles. The Balaban J connectivity index is 2.65. The Morgan fingerprint density at radius 2 is 1.69 bits per heavy atom. The van der Waals surface area contributed by atoms with Gasteiger partial charge in [0.15, 0.2) is 0 Å². The van der Waals surface area contributed by atoms with Crippen molar-refractivity contribution in [2.75, 3.05) is 6.61 Å². The van der Waals surface area contributed by atoms with Gasteiger partial charge >= 0.3 is 0 Å². The number of benzene rings is 1. The van der Waals surface area contributed by atoms with E-state index in [0.717, 1.165) is 6.42 Å². The first-order chi connectivity index (χ1) is 7.31. The van der Waals surface area contributed by atoms with Crippen molar-refractivity contribution in [2.45, 2.75) is 27.2 Å². The molecule has 0 fully saturated rings. The summed E-state index contributed by atoms with van der Waals surface area (Å²) >= 11 is 17.7. The molecular weight excluding hydrogens is 266 g/mol. The van der Waals surface area contributed by atoms with Gasteiger partial charge in [0.25, 0.3) is 0 Å². The number of halogens is 3. The van der Waals surface area contributed by atoms with Gasteiger partial charge in [0.05, 0.1) is 16.7 Å². The van der Waals surface area contributed by atoms with Crippen LogP contribution in [0.25, 0.3) is 0 Å². The molecule has 0 radical (unpaired) electrons. The largest absolute Gasteiger partial charge is 0.492 e. The van der Waals surface area contributed by atoms with Gasteiger partial charge < -0.3 is 4.74 Å². The number of ether oxygens (including phenoxy) is 1. The molecule has 0 unspecified atom stereocenters. The summed E-state index contributed by atoms with van der Waals surface area (Å²) in [5.74, 6) is 0.584. The van der Waals surface area contributed by atoms with Crippen molar-refractivity contribution < 1.29 is 4.74 Å². The zero-order valence-corrected chi connectivity index (χ0v) is 11.9. The van der Waals surface area contributed by atoms with E-state index >= 15 is 0 Å². The van der Waals surface area contributed by atoms with Crippen LogP contribution in [0.5, 0.6) is 5.75 Å². The molecule has 0 bridgehead atoms. The fourth-order valence-electron chi connectivity index (χ4n) is 1.09. The maximum atomic E-state index is 6.01. The van der Waals surface area contributed by atoms with E-state index in [9.17, 15) is 0 Å². The fourth-order valence-corrected chi connectivity index (χ4v) is 1.67. The normalized spacial score (nSPS) is 11.6. The van der Waals surface area contributed by atoms with Gasteiger partial charge in [-0.2, -0.15) is 0 Å². The lowest BCUT2D eigenvalue weighted by Gasteiger charge is -2.18. The summed E-state index contributed by atoms with van der Waals surface area (Å²) < 4.78 is 5.57. The fraction of sp³-hybridized carbons (Fsp3) is 0.500. The molecule has 0 amide bonds. The molecule has 1 rings (SSSR count). The van der Waals surface area contributed by atoms with E-state index in [4.69, 9.17) is 39.5 Å². The predicted molar refractivity (Wildman–Crippen MR) is 71.0 cm³/mol. The minimum atomic E-state index is 0.239. The molecule has 16 heavy (non-hydrogen) atoms. The molecular formula is C12H15Cl3O. The first-order valence-corrected chi connectivity index (χ1v) is 6.21. The molecule has 0 N–H and O–H groups in total. The molecule has 0 aliphatic rings. The highest BCUT2D eigenvalue weighted by Crippen LogP contribution is 2.37. The van der Waals surface area contributed by atoms with E-state index in [1.807, 2.05) is 0 Å². The zero-order valence-electron chi connectivity index (χ0n) is 9.61. The van der Waals surface area contributed by atoms with Crippen LogP contribution in [-0.4, -0.2) is 6.61 Å². The number of rotatable bonds is 3. The molecule has 4 heteroatoms. The zero-order chi connectivity index (χ0) is 12.3. The molecule has 1 nitrogen and oxygen atoms in total. The van der Waals surface area contributed by atoms with E-state index in [2.05, 4.69) is 20.8 Å². The van der Waals surface area contributed by atoms with E-state index in [0.29, 0.717) is 27.4 Å². The van der Waals surface area contributed by atoms with Gasteiger partial charge in [0.2, 0.25) is 0 Å². The van der Waals surface area contributed by atoms with Crippen LogP contribution in [0.4, 0.5) is 0 Å². The van der Waals surface area contributed by atoms with Crippen molar-refractivity contribution in [3.63, 3.8) is 0 Å². The highest BCUT2D eigenvalue weighted by molar-refractivity contribution is 6.48. The first-order valence-electron chi connectivity index (χ1n) is 5.07. The molecule has 1 aromatic rings. The van der Waals surface area contributed by atoms with Crippen molar-refractivity contribution in [3.8, 4) is 5.75 Å². The summed E-state index contributed by atoms with van der Waals surface area (Å²) in [6.45, 7) is 7.09. The average molecular weight is 282 g/mol. The Morgan fingerprint density at radius 3 is 2.25 bits per heavy atom. The van der Waals surface area contributed by atoms with Gasteiger partial charge in [-0.3, -0.25) is 0 Å². The lowest BCUT2D eigenvalue weighted by atomic mass is 9.93. The van der Waals surface area contributed by atoms with Crippen LogP contribution >= 0.6 is 34.8 Å². The lowest BCUT2D eigenvalue weighted by molar-refractivity contribution is 0.243. The number of hydrogen-bond donors (Lipinski definition) is 0. The smallest absolute Gasteiger partial charge is 0.139 e. The van der Waals surface area contributed by atoms with Crippen LogP contribution in [0.15, 0.2) is 12.1 Å². The molecule has 1 aromatic carbocycles. The quantitative estimate of drug-likeness (QED) is 0.668. The van der Waals surface area contributed by atoms with E-state index in [1.54, 1.807) is 12.1 Å². The highest BCUT2D eigenvalue weighted by Gasteiger charge is 2.13. The van der Waals surface area contributed by atoms with Crippen LogP contribution in [-0.2, 0) is 0 Å². The first kappa shape index (κ1) is 14.0. The van der Waals surface area contributed by atoms with Gasteiger partial charge in [-0.15, -0.1) is 0 Å². The second-order valence-corrected chi connectivity index (χ2v) is 6.00. The predicted octanol–water partition coefficient (Wildman–Crippen LogP) is 5.46. The van der Waals surface area contributed by atoms with Crippen molar-refractivity contribution in [1.29, 1.82) is 0 Å². The maximum Gasteiger partial charge on any atom is 0.139 e. The van der Waals surface area contributed by atoms with Crippen LogP contribution in [0.3, 0.4) is 0 Å². The Bertz CT molecular complexity index is 369. The third-order valence-corrected chi connectivity index (χ3v) is 3.39. The topological polar surface area (TPSA) is 9.23 Å². The van der Waals surface area contributed by atoms with Crippen LogP contribution < -0.4 is 4.74 Å². The summed E-state index contributed by atoms with van der Waals surface area (Å²) in [7, 11) is 0. The molecule has 0 aromatic heterocycles. The maximum absolute atomic E-state index is 6.01. The van der Waals surface area contributed by atoms with Gasteiger partial charge in [-0.05, 0) is 24.0 Å². The summed E-state index contributed by atoms with van der Waals surface area (Å²) in [6.07, 6.45) is 0.948. The Kier molecular flexibility index (Phi) is 4.78. The average Bonchev–Trinajstić information content (AvgIpc) is 2.16. The van der Waals surface area contributed by atoms with E-state index < -0.39 is 0 Å². The van der Waals surface area contributed by atoms with Gasteiger partial charge in [0.1, 0.15) is 10.8 Å². The standard InChI is InChI=1S/C12H15Cl3O/c1-12(2,3)6-7-16-9-5-4-8(13)10(14)11(9)15/h4-5H,6-7H2,1-3H3. The molecule has 0 saturated heterocycles. The van der Waals surface area contributed by atoms with Crippen molar-refractivity contribution in [2.24, 2.45) is 5.41 Å². The van der Waals surface area contributed by atoms with Crippen LogP contribution in [0.1, 0.15) is 27.2 Å². The minimum absolute atomic E-state index is 0.239. The monoisotopic (exact) mass is 280 g/mol. The second-order valence-electron chi connectivity index (χ2n) is 4.83. The van der Waals surface area contributed by atoms with Crippen LogP contribution in [0, 0.1) is 5.41 Å². The van der Waals surface area contributed by atoms with E-state index in [1.165, 1.54) is 0 Å². The van der Waals surface area contributed by atoms with Crippen molar-refractivity contribution >= 4 is 34.8 Å². The molecule has 0 aliphatic heterocycles. The highest BCUT2D eigenvalue weighted by atomic mass is 35.5. The van der Waals surface area contributed by atoms with Gasteiger partial charge in [-0.25, -0.2) is 0 Å². The van der Waals surface area contributed by atoms with Crippen LogP contribution in [0.2, 0.25) is 15.1 Å². The summed E-state index contributed by atoms with van der Waals surface area (Å²) in [6, 6.07) is 3.42. The van der Waals surface area contributed by atoms with Gasteiger partial charge in [-0.1, -0.05) is 55.6 Å². The molecule has 90 valence electrons. The second kappa shape index (κ2) is 5.48. The molecule has 0 saturated carbocycles. The molecule has 0 spiro atoms. The molecule has 0 atom stereocenters. The molecule has 0 heterocycles. The third-order valence-electron chi connectivity index (χ3n) is 2.11.